The molecule has 0 bridgehead atoms. The summed E-state index contributed by atoms with van der Waals surface area (Å²) < 4.78 is 0. The highest BCUT2D eigenvalue weighted by molar-refractivity contribution is 5.14. The lowest BCUT2D eigenvalue weighted by atomic mass is 9.82. The van der Waals surface area contributed by atoms with Crippen LogP contribution in [0.4, 0.5) is 0 Å². The van der Waals surface area contributed by atoms with E-state index in [1.165, 1.54) is 45.2 Å². The molecule has 1 unspecified atom stereocenters. The van der Waals surface area contributed by atoms with Crippen LogP contribution >= 0.6 is 0 Å². The maximum absolute atomic E-state index is 3.61. The van der Waals surface area contributed by atoms with E-state index in [2.05, 4.69) is 44.0 Å². The molecule has 1 heterocycles. The smallest absolute Gasteiger partial charge is 0.0168 e. The molecule has 1 atom stereocenters. The lowest BCUT2D eigenvalue weighted by Crippen LogP contribution is -2.38. The normalized spacial score (nSPS) is 23.3. The van der Waals surface area contributed by atoms with Gasteiger partial charge in [0, 0.05) is 25.2 Å². The summed E-state index contributed by atoms with van der Waals surface area (Å²) in [5.41, 5.74) is 2.01. The first-order chi connectivity index (χ1) is 8.97. The van der Waals surface area contributed by atoms with Gasteiger partial charge in [-0.25, -0.2) is 0 Å². The van der Waals surface area contributed by atoms with Gasteiger partial charge in [-0.15, -0.1) is 0 Å². The lowest BCUT2D eigenvalue weighted by molar-refractivity contribution is 0.204. The molecule has 2 nitrogen and oxygen atoms in total. The van der Waals surface area contributed by atoms with Crippen molar-refractivity contribution >= 4 is 0 Å². The van der Waals surface area contributed by atoms with E-state index in [1.807, 2.05) is 0 Å². The number of nitrogens with zero attached hydrogens (tertiary/aromatic N) is 1. The minimum Gasteiger partial charge on any atom is -0.314 e. The Hall–Kier alpha value is -0.340. The second-order valence-electron chi connectivity index (χ2n) is 7.44. The molecule has 2 aliphatic rings. The predicted octanol–water partition coefficient (Wildman–Crippen LogP) is 3.59. The first kappa shape index (κ1) is 15.1. The van der Waals surface area contributed by atoms with Gasteiger partial charge in [-0.2, -0.15) is 0 Å². The van der Waals surface area contributed by atoms with Crippen LogP contribution in [0.3, 0.4) is 0 Å². The first-order valence-electron chi connectivity index (χ1n) is 8.14. The fourth-order valence-corrected chi connectivity index (χ4v) is 2.94. The Labute approximate surface area is 119 Å². The number of nitrogens with one attached hydrogen (secondary N) is 1. The van der Waals surface area contributed by atoms with Crippen molar-refractivity contribution in [1.82, 2.24) is 10.2 Å². The van der Waals surface area contributed by atoms with E-state index in [9.17, 15) is 0 Å². The van der Waals surface area contributed by atoms with Crippen LogP contribution in [0.1, 0.15) is 59.8 Å². The summed E-state index contributed by atoms with van der Waals surface area (Å²) in [5.74, 6) is 0. The van der Waals surface area contributed by atoms with Gasteiger partial charge >= 0.3 is 0 Å². The van der Waals surface area contributed by atoms with Gasteiger partial charge in [-0.3, -0.25) is 4.90 Å². The summed E-state index contributed by atoms with van der Waals surface area (Å²) in [6.45, 7) is 13.0. The topological polar surface area (TPSA) is 15.3 Å². The zero-order valence-corrected chi connectivity index (χ0v) is 13.3. The van der Waals surface area contributed by atoms with Crippen LogP contribution in [0.15, 0.2) is 11.6 Å². The van der Waals surface area contributed by atoms with Crippen molar-refractivity contribution < 1.29 is 0 Å². The Morgan fingerprint density at radius 1 is 1.37 bits per heavy atom. The second-order valence-corrected chi connectivity index (χ2v) is 7.44. The molecule has 0 aromatic carbocycles. The molecule has 0 aromatic heterocycles. The van der Waals surface area contributed by atoms with Crippen molar-refractivity contribution in [2.24, 2.45) is 5.41 Å². The molecule has 1 saturated carbocycles. The molecular formula is C17H32N2. The van der Waals surface area contributed by atoms with Gasteiger partial charge in [0.05, 0.1) is 0 Å². The van der Waals surface area contributed by atoms with E-state index in [1.54, 1.807) is 5.57 Å². The van der Waals surface area contributed by atoms with Crippen LogP contribution in [0, 0.1) is 5.41 Å². The summed E-state index contributed by atoms with van der Waals surface area (Å²) >= 11 is 0. The third-order valence-electron chi connectivity index (χ3n) is 4.64. The molecule has 2 heteroatoms. The summed E-state index contributed by atoms with van der Waals surface area (Å²) in [5, 5.41) is 3.61. The molecule has 1 fully saturated rings. The zero-order valence-electron chi connectivity index (χ0n) is 13.3. The average molecular weight is 264 g/mol. The zero-order chi connectivity index (χ0) is 13.9. The Bertz CT molecular complexity index is 310. The molecule has 1 N–H and O–H groups in total. The van der Waals surface area contributed by atoms with E-state index < -0.39 is 0 Å². The molecule has 0 saturated heterocycles. The van der Waals surface area contributed by atoms with Crippen LogP contribution in [-0.4, -0.2) is 36.6 Å². The Morgan fingerprint density at radius 2 is 2.11 bits per heavy atom. The monoisotopic (exact) mass is 264 g/mol. The highest BCUT2D eigenvalue weighted by atomic mass is 15.1. The van der Waals surface area contributed by atoms with E-state index in [0.29, 0.717) is 5.41 Å². The summed E-state index contributed by atoms with van der Waals surface area (Å²) in [7, 11) is 0. The van der Waals surface area contributed by atoms with Gasteiger partial charge in [0.1, 0.15) is 0 Å². The highest BCUT2D eigenvalue weighted by Crippen LogP contribution is 2.30. The standard InChI is InChI=1S/C17H32N2/c1-14(6-5-11-18-16-7-8-16)19-12-9-15(10-13-19)17(2,3)4/h9,14,16,18H,5-8,10-13H2,1-4H3. The second kappa shape index (κ2) is 6.41. The molecule has 110 valence electrons. The van der Waals surface area contributed by atoms with Crippen molar-refractivity contribution in [3.63, 3.8) is 0 Å². The van der Waals surface area contributed by atoms with E-state index in [4.69, 9.17) is 0 Å². The third-order valence-corrected chi connectivity index (χ3v) is 4.64. The molecular weight excluding hydrogens is 232 g/mol. The number of hydrogen-bond donors (Lipinski definition) is 1. The fourth-order valence-electron chi connectivity index (χ4n) is 2.94. The van der Waals surface area contributed by atoms with Gasteiger partial charge in [-0.05, 0) is 51.0 Å². The van der Waals surface area contributed by atoms with Crippen molar-refractivity contribution in [3.05, 3.63) is 11.6 Å². The van der Waals surface area contributed by atoms with Crippen LogP contribution < -0.4 is 5.32 Å². The molecule has 2 rings (SSSR count). The largest absolute Gasteiger partial charge is 0.314 e. The Balaban J connectivity index is 1.66. The third kappa shape index (κ3) is 4.92. The van der Waals surface area contributed by atoms with E-state index in [-0.39, 0.29) is 0 Å². The molecule has 19 heavy (non-hydrogen) atoms. The fraction of sp³-hybridized carbons (Fsp3) is 0.882. The van der Waals surface area contributed by atoms with Crippen LogP contribution in [-0.2, 0) is 0 Å². The summed E-state index contributed by atoms with van der Waals surface area (Å²) in [6, 6.07) is 1.60. The van der Waals surface area contributed by atoms with E-state index >= 15 is 0 Å². The van der Waals surface area contributed by atoms with Gasteiger partial charge in [-0.1, -0.05) is 32.4 Å². The summed E-state index contributed by atoms with van der Waals surface area (Å²) in [4.78, 5) is 2.65. The SMILES string of the molecule is CC(CCCNC1CC1)N1CC=C(C(C)(C)C)CC1. The highest BCUT2D eigenvalue weighted by Gasteiger charge is 2.23. The number of rotatable bonds is 6. The predicted molar refractivity (Wildman–Crippen MR) is 83.4 cm³/mol. The maximum Gasteiger partial charge on any atom is 0.0168 e. The molecule has 0 spiro atoms. The minimum atomic E-state index is 0.365. The van der Waals surface area contributed by atoms with Crippen molar-refractivity contribution in [3.8, 4) is 0 Å². The molecule has 1 aliphatic heterocycles. The van der Waals surface area contributed by atoms with Crippen molar-refractivity contribution in [1.29, 1.82) is 0 Å². The molecule has 0 amide bonds. The van der Waals surface area contributed by atoms with Gasteiger partial charge in [0.2, 0.25) is 0 Å². The van der Waals surface area contributed by atoms with Gasteiger partial charge in [0.25, 0.3) is 0 Å². The van der Waals surface area contributed by atoms with Gasteiger partial charge < -0.3 is 5.32 Å². The van der Waals surface area contributed by atoms with Crippen LogP contribution in [0.5, 0.6) is 0 Å². The van der Waals surface area contributed by atoms with Crippen LogP contribution in [0.2, 0.25) is 0 Å². The van der Waals surface area contributed by atoms with Crippen LogP contribution in [0.25, 0.3) is 0 Å². The maximum atomic E-state index is 3.61. The average Bonchev–Trinajstić information content (AvgIpc) is 3.17. The van der Waals surface area contributed by atoms with Gasteiger partial charge in [0.15, 0.2) is 0 Å². The quantitative estimate of drug-likeness (QED) is 0.582. The Morgan fingerprint density at radius 3 is 2.63 bits per heavy atom. The lowest BCUT2D eigenvalue weighted by Gasteiger charge is -2.35. The van der Waals surface area contributed by atoms with Crippen molar-refractivity contribution in [2.75, 3.05) is 19.6 Å². The summed E-state index contributed by atoms with van der Waals surface area (Å²) in [6.07, 6.45) is 9.20. The molecule has 1 aliphatic carbocycles. The molecule has 0 radical (unpaired) electrons. The minimum absolute atomic E-state index is 0.365. The number of hydrogen-bond acceptors (Lipinski definition) is 2. The van der Waals surface area contributed by atoms with E-state index in [0.717, 1.165) is 18.6 Å². The van der Waals surface area contributed by atoms with Crippen molar-refractivity contribution in [2.45, 2.75) is 71.9 Å². The molecule has 0 aromatic rings. The Kier molecular flexibility index (Phi) is 5.08. The first-order valence-corrected chi connectivity index (χ1v) is 8.14.